The van der Waals surface area contributed by atoms with Crippen LogP contribution in [0.2, 0.25) is 0 Å². The van der Waals surface area contributed by atoms with E-state index in [1.165, 1.54) is 16.7 Å². The Morgan fingerprint density at radius 3 is 2.38 bits per heavy atom. The van der Waals surface area contributed by atoms with Gasteiger partial charge in [0.25, 0.3) is 0 Å². The predicted molar refractivity (Wildman–Crippen MR) is 118 cm³/mol. The van der Waals surface area contributed by atoms with Gasteiger partial charge in [-0.25, -0.2) is 0 Å². The smallest absolute Gasteiger partial charge is 0.225 e. The van der Waals surface area contributed by atoms with Crippen molar-refractivity contribution >= 4 is 17.7 Å². The molecule has 0 saturated carbocycles. The Kier molecular flexibility index (Phi) is 6.42. The van der Waals surface area contributed by atoms with Crippen LogP contribution in [0.5, 0.6) is 0 Å². The van der Waals surface area contributed by atoms with Crippen LogP contribution in [0.15, 0.2) is 53.7 Å². The van der Waals surface area contributed by atoms with E-state index in [0.29, 0.717) is 6.54 Å². The Labute approximate surface area is 176 Å². The molecule has 3 aromatic rings. The molecule has 1 aromatic heterocycles. The van der Waals surface area contributed by atoms with Crippen LogP contribution in [0, 0.1) is 19.3 Å². The van der Waals surface area contributed by atoms with Crippen LogP contribution in [0.1, 0.15) is 43.3 Å². The molecule has 152 valence electrons. The van der Waals surface area contributed by atoms with Crippen LogP contribution in [0.25, 0.3) is 5.69 Å². The highest BCUT2D eigenvalue weighted by Crippen LogP contribution is 2.26. The molecular formula is C23H28N4OS. The molecule has 3 rings (SSSR count). The van der Waals surface area contributed by atoms with E-state index in [2.05, 4.69) is 71.8 Å². The fourth-order valence-electron chi connectivity index (χ4n) is 2.80. The summed E-state index contributed by atoms with van der Waals surface area (Å²) >= 11 is 1.65. The number of aryl methyl sites for hydroxylation is 2. The highest BCUT2D eigenvalue weighted by atomic mass is 32.2. The Balaban J connectivity index is 1.87. The molecule has 0 aliphatic heterocycles. The van der Waals surface area contributed by atoms with E-state index < -0.39 is 5.41 Å². The van der Waals surface area contributed by atoms with Gasteiger partial charge in [-0.1, -0.05) is 74.5 Å². The average molecular weight is 409 g/mol. The van der Waals surface area contributed by atoms with Crippen molar-refractivity contribution in [3.05, 3.63) is 71.0 Å². The summed E-state index contributed by atoms with van der Waals surface area (Å²) in [6.45, 7) is 10.2. The topological polar surface area (TPSA) is 59.8 Å². The van der Waals surface area contributed by atoms with Crippen LogP contribution in [0.4, 0.5) is 0 Å². The highest BCUT2D eigenvalue weighted by molar-refractivity contribution is 7.98. The lowest BCUT2D eigenvalue weighted by atomic mass is 9.96. The molecule has 0 aliphatic carbocycles. The van der Waals surface area contributed by atoms with E-state index >= 15 is 0 Å². The molecule has 1 heterocycles. The third-order valence-corrected chi connectivity index (χ3v) is 5.68. The molecule has 5 nitrogen and oxygen atoms in total. The van der Waals surface area contributed by atoms with Gasteiger partial charge in [0.2, 0.25) is 5.91 Å². The zero-order valence-electron chi connectivity index (χ0n) is 17.7. The first-order chi connectivity index (χ1) is 13.8. The zero-order chi connectivity index (χ0) is 21.0. The number of carbonyl (C=O) groups excluding carboxylic acids is 1. The normalized spacial score (nSPS) is 11.5. The molecule has 0 radical (unpaired) electrons. The number of hydrogen-bond acceptors (Lipinski definition) is 4. The van der Waals surface area contributed by atoms with Gasteiger partial charge in [-0.2, -0.15) is 0 Å². The molecule has 1 amide bonds. The largest absolute Gasteiger partial charge is 0.348 e. The highest BCUT2D eigenvalue weighted by Gasteiger charge is 2.22. The van der Waals surface area contributed by atoms with Crippen molar-refractivity contribution in [2.45, 2.75) is 52.1 Å². The van der Waals surface area contributed by atoms with E-state index in [0.717, 1.165) is 22.4 Å². The maximum atomic E-state index is 12.3. The van der Waals surface area contributed by atoms with Gasteiger partial charge in [0, 0.05) is 16.9 Å². The summed E-state index contributed by atoms with van der Waals surface area (Å²) in [5.74, 6) is 1.52. The number of aromatic nitrogens is 3. The second-order valence-electron chi connectivity index (χ2n) is 8.22. The first-order valence-electron chi connectivity index (χ1n) is 9.72. The minimum atomic E-state index is -0.447. The molecular weight excluding hydrogens is 380 g/mol. The minimum Gasteiger partial charge on any atom is -0.348 e. The number of thioether (sulfide) groups is 1. The SMILES string of the molecule is Cc1ccc(-n2c(CNC(=O)C(C)(C)C)nnc2SCc2ccccc2C)cc1. The summed E-state index contributed by atoms with van der Waals surface area (Å²) in [4.78, 5) is 12.3. The Hall–Kier alpha value is -2.60. The van der Waals surface area contributed by atoms with Gasteiger partial charge in [0.05, 0.1) is 6.54 Å². The van der Waals surface area contributed by atoms with E-state index in [1.807, 2.05) is 31.4 Å². The lowest BCUT2D eigenvalue weighted by Gasteiger charge is -2.18. The molecule has 0 aliphatic rings. The van der Waals surface area contributed by atoms with Gasteiger partial charge in [0.15, 0.2) is 11.0 Å². The number of nitrogens with one attached hydrogen (secondary N) is 1. The molecule has 0 atom stereocenters. The number of nitrogens with zero attached hydrogens (tertiary/aromatic N) is 3. The number of hydrogen-bond donors (Lipinski definition) is 1. The third-order valence-electron chi connectivity index (χ3n) is 4.70. The molecule has 2 aromatic carbocycles. The van der Waals surface area contributed by atoms with Crippen molar-refractivity contribution in [1.29, 1.82) is 0 Å². The van der Waals surface area contributed by atoms with Crippen LogP contribution < -0.4 is 5.32 Å². The van der Waals surface area contributed by atoms with Gasteiger partial charge in [-0.05, 0) is 37.1 Å². The van der Waals surface area contributed by atoms with E-state index in [9.17, 15) is 4.79 Å². The van der Waals surface area contributed by atoms with Gasteiger partial charge in [-0.15, -0.1) is 10.2 Å². The number of rotatable bonds is 6. The fourth-order valence-corrected chi connectivity index (χ4v) is 3.85. The van der Waals surface area contributed by atoms with E-state index in [1.54, 1.807) is 11.8 Å². The summed E-state index contributed by atoms with van der Waals surface area (Å²) < 4.78 is 2.03. The first-order valence-corrected chi connectivity index (χ1v) is 10.7. The standard InChI is InChI=1S/C23H28N4OS/c1-16-10-12-19(13-11-16)27-20(14-24-21(28)23(3,4)5)25-26-22(27)29-15-18-9-7-6-8-17(18)2/h6-13H,14-15H2,1-5H3,(H,24,28). The van der Waals surface area contributed by atoms with Crippen LogP contribution in [-0.4, -0.2) is 20.7 Å². The quantitative estimate of drug-likeness (QED) is 0.593. The molecule has 1 N–H and O–H groups in total. The Bertz CT molecular complexity index is 987. The summed E-state index contributed by atoms with van der Waals surface area (Å²) in [6.07, 6.45) is 0. The van der Waals surface area contributed by atoms with Crippen molar-refractivity contribution < 1.29 is 4.79 Å². The lowest BCUT2D eigenvalue weighted by molar-refractivity contribution is -0.128. The minimum absolute atomic E-state index is 0.00919. The summed E-state index contributed by atoms with van der Waals surface area (Å²) in [5, 5.41) is 12.6. The number of amides is 1. The predicted octanol–water partition coefficient (Wildman–Crippen LogP) is 4.84. The van der Waals surface area contributed by atoms with Gasteiger partial charge < -0.3 is 5.32 Å². The van der Waals surface area contributed by atoms with Crippen LogP contribution in [-0.2, 0) is 17.1 Å². The van der Waals surface area contributed by atoms with Crippen molar-refractivity contribution in [2.75, 3.05) is 0 Å². The van der Waals surface area contributed by atoms with Gasteiger partial charge in [0.1, 0.15) is 0 Å². The summed E-state index contributed by atoms with van der Waals surface area (Å²) in [6, 6.07) is 16.6. The van der Waals surface area contributed by atoms with Crippen molar-refractivity contribution in [2.24, 2.45) is 5.41 Å². The monoisotopic (exact) mass is 408 g/mol. The Morgan fingerprint density at radius 2 is 1.72 bits per heavy atom. The van der Waals surface area contributed by atoms with Crippen LogP contribution in [0.3, 0.4) is 0 Å². The third kappa shape index (κ3) is 5.26. The lowest BCUT2D eigenvalue weighted by Crippen LogP contribution is -2.35. The molecule has 0 unspecified atom stereocenters. The van der Waals surface area contributed by atoms with Crippen molar-refractivity contribution in [3.8, 4) is 5.69 Å². The van der Waals surface area contributed by atoms with E-state index in [-0.39, 0.29) is 5.91 Å². The van der Waals surface area contributed by atoms with Crippen LogP contribution >= 0.6 is 11.8 Å². The van der Waals surface area contributed by atoms with Gasteiger partial charge in [-0.3, -0.25) is 9.36 Å². The molecule has 0 spiro atoms. The average Bonchev–Trinajstić information content (AvgIpc) is 3.08. The second-order valence-corrected chi connectivity index (χ2v) is 9.16. The zero-order valence-corrected chi connectivity index (χ0v) is 18.5. The number of benzene rings is 2. The maximum absolute atomic E-state index is 12.3. The second kappa shape index (κ2) is 8.82. The van der Waals surface area contributed by atoms with Crippen molar-refractivity contribution in [3.63, 3.8) is 0 Å². The Morgan fingerprint density at radius 1 is 1.03 bits per heavy atom. The van der Waals surface area contributed by atoms with Gasteiger partial charge >= 0.3 is 0 Å². The molecule has 0 fully saturated rings. The van der Waals surface area contributed by atoms with Crippen molar-refractivity contribution in [1.82, 2.24) is 20.1 Å². The molecule has 29 heavy (non-hydrogen) atoms. The molecule has 6 heteroatoms. The fraction of sp³-hybridized carbons (Fsp3) is 0.348. The molecule has 0 saturated heterocycles. The maximum Gasteiger partial charge on any atom is 0.225 e. The van der Waals surface area contributed by atoms with E-state index in [4.69, 9.17) is 0 Å². The number of carbonyl (C=O) groups is 1. The summed E-state index contributed by atoms with van der Waals surface area (Å²) in [5.41, 5.74) is 4.28. The first kappa shape index (κ1) is 21.1. The summed E-state index contributed by atoms with van der Waals surface area (Å²) in [7, 11) is 0. The molecule has 0 bridgehead atoms.